The van der Waals surface area contributed by atoms with Crippen molar-refractivity contribution in [3.63, 3.8) is 0 Å². The Kier molecular flexibility index (Phi) is 4.10. The molecule has 0 aromatic heterocycles. The highest BCUT2D eigenvalue weighted by atomic mass is 16.6. The van der Waals surface area contributed by atoms with Gasteiger partial charge in [-0.25, -0.2) is 0 Å². The molecule has 0 saturated carbocycles. The highest BCUT2D eigenvalue weighted by molar-refractivity contribution is 5.44. The fourth-order valence-electron chi connectivity index (χ4n) is 2.83. The van der Waals surface area contributed by atoms with Gasteiger partial charge in [0.2, 0.25) is 0 Å². The van der Waals surface area contributed by atoms with Crippen molar-refractivity contribution in [3.8, 4) is 11.5 Å². The molecule has 2 aliphatic rings. The molecule has 1 aromatic rings. The van der Waals surface area contributed by atoms with Gasteiger partial charge in [0.15, 0.2) is 11.5 Å². The lowest BCUT2D eigenvalue weighted by Crippen LogP contribution is -2.31. The molecule has 5 heteroatoms. The number of ether oxygens (including phenoxy) is 3. The summed E-state index contributed by atoms with van der Waals surface area (Å²) in [5, 5.41) is 0. The quantitative estimate of drug-likeness (QED) is 0.896. The van der Waals surface area contributed by atoms with E-state index >= 15 is 0 Å². The van der Waals surface area contributed by atoms with Crippen LogP contribution in [0, 0.1) is 0 Å². The summed E-state index contributed by atoms with van der Waals surface area (Å²) in [5.74, 6) is 1.62. The molecule has 1 fully saturated rings. The molecule has 2 atom stereocenters. The van der Waals surface area contributed by atoms with Gasteiger partial charge in [0, 0.05) is 32.8 Å². The van der Waals surface area contributed by atoms with Crippen LogP contribution in [0.2, 0.25) is 0 Å². The second-order valence-electron chi connectivity index (χ2n) is 5.42. The summed E-state index contributed by atoms with van der Waals surface area (Å²) in [5.41, 5.74) is 7.41. The molecule has 0 bridgehead atoms. The third-order valence-electron chi connectivity index (χ3n) is 4.01. The average Bonchev–Trinajstić information content (AvgIpc) is 2.94. The Morgan fingerprint density at radius 1 is 1.35 bits per heavy atom. The molecule has 0 amide bonds. The van der Waals surface area contributed by atoms with Crippen molar-refractivity contribution < 1.29 is 14.2 Å². The van der Waals surface area contributed by atoms with Gasteiger partial charge in [0.1, 0.15) is 13.2 Å². The van der Waals surface area contributed by atoms with E-state index in [0.717, 1.165) is 43.1 Å². The SMILES string of the molecule is COC1CCN(CC(N)c2ccc3c(c2)OCCO3)C1. The summed E-state index contributed by atoms with van der Waals surface area (Å²) in [7, 11) is 1.77. The Morgan fingerprint density at radius 2 is 2.15 bits per heavy atom. The van der Waals surface area contributed by atoms with Crippen LogP contribution in [0.25, 0.3) is 0 Å². The zero-order chi connectivity index (χ0) is 13.9. The van der Waals surface area contributed by atoms with Gasteiger partial charge in [0.25, 0.3) is 0 Å². The molecule has 2 aliphatic heterocycles. The Labute approximate surface area is 119 Å². The summed E-state index contributed by atoms with van der Waals surface area (Å²) in [4.78, 5) is 2.36. The molecule has 0 radical (unpaired) electrons. The van der Waals surface area contributed by atoms with Crippen molar-refractivity contribution in [2.24, 2.45) is 5.73 Å². The van der Waals surface area contributed by atoms with Crippen molar-refractivity contribution in [2.45, 2.75) is 18.6 Å². The monoisotopic (exact) mass is 278 g/mol. The molecular formula is C15H22N2O3. The minimum atomic E-state index is -0.0126. The van der Waals surface area contributed by atoms with Gasteiger partial charge >= 0.3 is 0 Å². The highest BCUT2D eigenvalue weighted by Crippen LogP contribution is 2.32. The summed E-state index contributed by atoms with van der Waals surface area (Å²) in [6.07, 6.45) is 1.44. The van der Waals surface area contributed by atoms with Crippen LogP contribution >= 0.6 is 0 Å². The van der Waals surface area contributed by atoms with Gasteiger partial charge in [-0.3, -0.25) is 4.90 Å². The first-order valence-electron chi connectivity index (χ1n) is 7.16. The van der Waals surface area contributed by atoms with E-state index in [0.29, 0.717) is 19.3 Å². The highest BCUT2D eigenvalue weighted by Gasteiger charge is 2.24. The van der Waals surface area contributed by atoms with E-state index in [2.05, 4.69) is 4.90 Å². The fraction of sp³-hybridized carbons (Fsp3) is 0.600. The molecule has 2 unspecified atom stereocenters. The van der Waals surface area contributed by atoms with Crippen LogP contribution in [0.1, 0.15) is 18.0 Å². The zero-order valence-corrected chi connectivity index (χ0v) is 11.9. The minimum absolute atomic E-state index is 0.0126. The summed E-state index contributed by atoms with van der Waals surface area (Å²) >= 11 is 0. The maximum atomic E-state index is 6.32. The van der Waals surface area contributed by atoms with Crippen LogP contribution in [0.15, 0.2) is 18.2 Å². The topological polar surface area (TPSA) is 57.0 Å². The van der Waals surface area contributed by atoms with Crippen molar-refractivity contribution in [1.29, 1.82) is 0 Å². The van der Waals surface area contributed by atoms with Crippen LogP contribution < -0.4 is 15.2 Å². The number of methoxy groups -OCH3 is 1. The Hall–Kier alpha value is -1.30. The second kappa shape index (κ2) is 5.99. The molecule has 5 nitrogen and oxygen atoms in total. The number of rotatable bonds is 4. The molecular weight excluding hydrogens is 256 g/mol. The van der Waals surface area contributed by atoms with Gasteiger partial charge in [-0.05, 0) is 24.1 Å². The lowest BCUT2D eigenvalue weighted by molar-refractivity contribution is 0.107. The lowest BCUT2D eigenvalue weighted by atomic mass is 10.1. The van der Waals surface area contributed by atoms with E-state index in [4.69, 9.17) is 19.9 Å². The van der Waals surface area contributed by atoms with E-state index in [1.54, 1.807) is 7.11 Å². The molecule has 0 aliphatic carbocycles. The van der Waals surface area contributed by atoms with Crippen molar-refractivity contribution in [3.05, 3.63) is 23.8 Å². The van der Waals surface area contributed by atoms with Crippen molar-refractivity contribution in [2.75, 3.05) is 40.0 Å². The lowest BCUT2D eigenvalue weighted by Gasteiger charge is -2.23. The van der Waals surface area contributed by atoms with Crippen LogP contribution in [0.4, 0.5) is 0 Å². The van der Waals surface area contributed by atoms with Gasteiger partial charge in [-0.1, -0.05) is 6.07 Å². The number of benzene rings is 1. The molecule has 20 heavy (non-hydrogen) atoms. The third kappa shape index (κ3) is 2.90. The summed E-state index contributed by atoms with van der Waals surface area (Å²) < 4.78 is 16.5. The molecule has 110 valence electrons. The number of hydrogen-bond acceptors (Lipinski definition) is 5. The molecule has 1 aromatic carbocycles. The normalized spacial score (nSPS) is 23.8. The standard InChI is InChI=1S/C15H22N2O3/c1-18-12-4-5-17(9-12)10-13(16)11-2-3-14-15(8-11)20-7-6-19-14/h2-3,8,12-13H,4-7,9-10,16H2,1H3. The minimum Gasteiger partial charge on any atom is -0.486 e. The molecule has 0 spiro atoms. The smallest absolute Gasteiger partial charge is 0.161 e. The molecule has 1 saturated heterocycles. The van der Waals surface area contributed by atoms with E-state index in [1.807, 2.05) is 18.2 Å². The first-order chi connectivity index (χ1) is 9.76. The van der Waals surface area contributed by atoms with E-state index in [-0.39, 0.29) is 6.04 Å². The first-order valence-corrected chi connectivity index (χ1v) is 7.16. The van der Waals surface area contributed by atoms with Gasteiger partial charge in [-0.2, -0.15) is 0 Å². The molecule has 2 N–H and O–H groups in total. The van der Waals surface area contributed by atoms with E-state index in [1.165, 1.54) is 0 Å². The van der Waals surface area contributed by atoms with Crippen molar-refractivity contribution >= 4 is 0 Å². The number of fused-ring (bicyclic) bond motifs is 1. The largest absolute Gasteiger partial charge is 0.486 e. The predicted molar refractivity (Wildman–Crippen MR) is 76.2 cm³/mol. The Balaban J connectivity index is 1.63. The maximum absolute atomic E-state index is 6.32. The van der Waals surface area contributed by atoms with Crippen LogP contribution in [0.5, 0.6) is 11.5 Å². The van der Waals surface area contributed by atoms with Crippen LogP contribution in [-0.4, -0.2) is 51.0 Å². The van der Waals surface area contributed by atoms with Crippen molar-refractivity contribution in [1.82, 2.24) is 4.90 Å². The number of likely N-dealkylation sites (tertiary alicyclic amines) is 1. The maximum Gasteiger partial charge on any atom is 0.161 e. The third-order valence-corrected chi connectivity index (χ3v) is 4.01. The fourth-order valence-corrected chi connectivity index (χ4v) is 2.83. The van der Waals surface area contributed by atoms with Gasteiger partial charge < -0.3 is 19.9 Å². The second-order valence-corrected chi connectivity index (χ2v) is 5.42. The molecule has 3 rings (SSSR count). The number of hydrogen-bond donors (Lipinski definition) is 1. The van der Waals surface area contributed by atoms with Crippen LogP contribution in [-0.2, 0) is 4.74 Å². The summed E-state index contributed by atoms with van der Waals surface area (Å²) in [6.45, 7) is 4.09. The predicted octanol–water partition coefficient (Wildman–Crippen LogP) is 1.18. The number of nitrogens with two attached hydrogens (primary N) is 1. The van der Waals surface area contributed by atoms with Gasteiger partial charge in [-0.15, -0.1) is 0 Å². The Morgan fingerprint density at radius 3 is 2.90 bits per heavy atom. The summed E-state index contributed by atoms with van der Waals surface area (Å²) in [6, 6.07) is 5.97. The van der Waals surface area contributed by atoms with Crippen LogP contribution in [0.3, 0.4) is 0 Å². The number of nitrogens with zero attached hydrogens (tertiary/aromatic N) is 1. The first kappa shape index (κ1) is 13.7. The zero-order valence-electron chi connectivity index (χ0n) is 11.9. The Bertz CT molecular complexity index is 466. The average molecular weight is 278 g/mol. The van der Waals surface area contributed by atoms with Gasteiger partial charge in [0.05, 0.1) is 6.10 Å². The molecule has 2 heterocycles. The van der Waals surface area contributed by atoms with E-state index < -0.39 is 0 Å². The van der Waals surface area contributed by atoms with E-state index in [9.17, 15) is 0 Å².